The Labute approximate surface area is 127 Å². The van der Waals surface area contributed by atoms with Crippen molar-refractivity contribution in [3.8, 4) is 0 Å². The van der Waals surface area contributed by atoms with E-state index in [1.807, 2.05) is 19.9 Å². The van der Waals surface area contributed by atoms with Gasteiger partial charge in [-0.25, -0.2) is 4.39 Å². The molecule has 1 N–H and O–H groups in total. The lowest BCUT2D eigenvalue weighted by atomic mass is 10.2. The topological polar surface area (TPSA) is 54.9 Å². The summed E-state index contributed by atoms with van der Waals surface area (Å²) in [6.07, 6.45) is 0. The molecule has 2 rings (SSSR count). The van der Waals surface area contributed by atoms with Gasteiger partial charge in [-0.1, -0.05) is 37.7 Å². The number of nitrogens with one attached hydrogen (secondary N) is 1. The normalized spacial score (nSPS) is 10.7. The number of halogens is 1. The molecule has 0 saturated carbocycles. The van der Waals surface area contributed by atoms with Crippen molar-refractivity contribution in [1.29, 1.82) is 0 Å². The third-order valence-corrected chi connectivity index (χ3v) is 3.68. The van der Waals surface area contributed by atoms with Gasteiger partial charge in [0.2, 0.25) is 5.91 Å². The zero-order valence-corrected chi connectivity index (χ0v) is 12.7. The Morgan fingerprint density at radius 3 is 2.71 bits per heavy atom. The zero-order chi connectivity index (χ0) is 15.2. The summed E-state index contributed by atoms with van der Waals surface area (Å²) in [5.41, 5.74) is 0.888. The Morgan fingerprint density at radius 2 is 2.10 bits per heavy atom. The van der Waals surface area contributed by atoms with E-state index in [4.69, 9.17) is 0 Å². The van der Waals surface area contributed by atoms with Crippen molar-refractivity contribution in [1.82, 2.24) is 10.2 Å². The van der Waals surface area contributed by atoms with Gasteiger partial charge in [0.15, 0.2) is 5.82 Å². The van der Waals surface area contributed by atoms with Gasteiger partial charge in [0.1, 0.15) is 10.8 Å². The SMILES string of the molecule is CC(C)C(=O)Nc1ccc(SCc2cccc(F)c2)nn1. The van der Waals surface area contributed by atoms with E-state index in [-0.39, 0.29) is 17.6 Å². The predicted molar refractivity (Wildman–Crippen MR) is 81.5 cm³/mol. The number of aromatic nitrogens is 2. The van der Waals surface area contributed by atoms with Gasteiger partial charge in [-0.2, -0.15) is 0 Å². The van der Waals surface area contributed by atoms with Gasteiger partial charge in [-0.15, -0.1) is 10.2 Å². The summed E-state index contributed by atoms with van der Waals surface area (Å²) in [6.45, 7) is 3.62. The lowest BCUT2D eigenvalue weighted by Gasteiger charge is -2.06. The van der Waals surface area contributed by atoms with Crippen molar-refractivity contribution in [2.24, 2.45) is 5.92 Å². The molecule has 0 fully saturated rings. The van der Waals surface area contributed by atoms with Crippen LogP contribution in [0.4, 0.5) is 10.2 Å². The van der Waals surface area contributed by atoms with Crippen LogP contribution in [0.15, 0.2) is 41.4 Å². The van der Waals surface area contributed by atoms with Crippen LogP contribution in [0.25, 0.3) is 0 Å². The Morgan fingerprint density at radius 1 is 1.29 bits per heavy atom. The fourth-order valence-electron chi connectivity index (χ4n) is 1.52. The first-order valence-corrected chi connectivity index (χ1v) is 7.55. The highest BCUT2D eigenvalue weighted by atomic mass is 32.2. The Balaban J connectivity index is 1.92. The molecule has 110 valence electrons. The second kappa shape index (κ2) is 7.17. The van der Waals surface area contributed by atoms with Crippen LogP contribution >= 0.6 is 11.8 Å². The molecule has 1 amide bonds. The summed E-state index contributed by atoms with van der Waals surface area (Å²) in [7, 11) is 0. The van der Waals surface area contributed by atoms with Crippen molar-refractivity contribution in [3.63, 3.8) is 0 Å². The first-order chi connectivity index (χ1) is 10.0. The number of thioether (sulfide) groups is 1. The van der Waals surface area contributed by atoms with Crippen molar-refractivity contribution < 1.29 is 9.18 Å². The van der Waals surface area contributed by atoms with E-state index in [0.717, 1.165) is 10.6 Å². The quantitative estimate of drug-likeness (QED) is 0.859. The van der Waals surface area contributed by atoms with Gasteiger partial charge in [-0.3, -0.25) is 4.79 Å². The largest absolute Gasteiger partial charge is 0.309 e. The van der Waals surface area contributed by atoms with Gasteiger partial charge in [0.05, 0.1) is 0 Å². The number of amides is 1. The molecule has 0 unspecified atom stereocenters. The lowest BCUT2D eigenvalue weighted by molar-refractivity contribution is -0.118. The maximum atomic E-state index is 13.1. The molecule has 4 nitrogen and oxygen atoms in total. The molecule has 6 heteroatoms. The maximum absolute atomic E-state index is 13.1. The van der Waals surface area contributed by atoms with E-state index >= 15 is 0 Å². The minimum absolute atomic E-state index is 0.0931. The third kappa shape index (κ3) is 4.82. The van der Waals surface area contributed by atoms with Gasteiger partial charge >= 0.3 is 0 Å². The number of hydrogen-bond acceptors (Lipinski definition) is 4. The number of anilines is 1. The van der Waals surface area contributed by atoms with E-state index in [0.29, 0.717) is 11.6 Å². The molecule has 0 aliphatic rings. The first kappa shape index (κ1) is 15.4. The van der Waals surface area contributed by atoms with E-state index in [2.05, 4.69) is 15.5 Å². The Kier molecular flexibility index (Phi) is 5.27. The molecule has 0 aliphatic carbocycles. The van der Waals surface area contributed by atoms with E-state index in [9.17, 15) is 9.18 Å². The van der Waals surface area contributed by atoms with Gasteiger partial charge in [-0.05, 0) is 29.8 Å². The zero-order valence-electron chi connectivity index (χ0n) is 11.8. The minimum Gasteiger partial charge on any atom is -0.309 e. The summed E-state index contributed by atoms with van der Waals surface area (Å²) in [4.78, 5) is 11.5. The van der Waals surface area contributed by atoms with Crippen molar-refractivity contribution in [2.45, 2.75) is 24.6 Å². The Bertz CT molecular complexity index is 617. The number of nitrogens with zero attached hydrogens (tertiary/aromatic N) is 2. The van der Waals surface area contributed by atoms with Crippen LogP contribution < -0.4 is 5.32 Å². The average molecular weight is 305 g/mol. The molecule has 0 radical (unpaired) electrons. The second-order valence-corrected chi connectivity index (χ2v) is 5.81. The van der Waals surface area contributed by atoms with Crippen LogP contribution in [-0.2, 0) is 10.5 Å². The molecule has 0 atom stereocenters. The van der Waals surface area contributed by atoms with Crippen LogP contribution in [0.1, 0.15) is 19.4 Å². The van der Waals surface area contributed by atoms with E-state index < -0.39 is 0 Å². The summed E-state index contributed by atoms with van der Waals surface area (Å²) in [6, 6.07) is 9.95. The fraction of sp³-hybridized carbons (Fsp3) is 0.267. The number of carbonyl (C=O) groups is 1. The number of benzene rings is 1. The summed E-state index contributed by atoms with van der Waals surface area (Å²) in [5.74, 6) is 0.609. The van der Waals surface area contributed by atoms with E-state index in [1.54, 1.807) is 18.2 Å². The number of hydrogen-bond donors (Lipinski definition) is 1. The van der Waals surface area contributed by atoms with E-state index in [1.165, 1.54) is 23.9 Å². The van der Waals surface area contributed by atoms with Crippen LogP contribution in [-0.4, -0.2) is 16.1 Å². The molecule has 2 aromatic rings. The monoisotopic (exact) mass is 305 g/mol. The molecule has 1 heterocycles. The van der Waals surface area contributed by atoms with Crippen LogP contribution in [0.2, 0.25) is 0 Å². The standard InChI is InChI=1S/C15H16FN3OS/c1-10(2)15(20)17-13-6-7-14(19-18-13)21-9-11-4-3-5-12(16)8-11/h3-8,10H,9H2,1-2H3,(H,17,18,20). The highest BCUT2D eigenvalue weighted by molar-refractivity contribution is 7.98. The molecule has 21 heavy (non-hydrogen) atoms. The smallest absolute Gasteiger partial charge is 0.228 e. The summed E-state index contributed by atoms with van der Waals surface area (Å²) in [5, 5.41) is 11.4. The molecule has 0 bridgehead atoms. The predicted octanol–water partition coefficient (Wildman–Crippen LogP) is 3.50. The van der Waals surface area contributed by atoms with Gasteiger partial charge in [0.25, 0.3) is 0 Å². The highest BCUT2D eigenvalue weighted by Crippen LogP contribution is 2.21. The first-order valence-electron chi connectivity index (χ1n) is 6.56. The molecule has 0 spiro atoms. The number of carbonyl (C=O) groups excluding carboxylic acids is 1. The fourth-order valence-corrected chi connectivity index (χ4v) is 2.28. The summed E-state index contributed by atoms with van der Waals surface area (Å²) >= 11 is 1.46. The van der Waals surface area contributed by atoms with Gasteiger partial charge in [0, 0.05) is 11.7 Å². The molecule has 1 aromatic carbocycles. The lowest BCUT2D eigenvalue weighted by Crippen LogP contribution is -2.18. The second-order valence-electron chi connectivity index (χ2n) is 4.82. The highest BCUT2D eigenvalue weighted by Gasteiger charge is 2.08. The van der Waals surface area contributed by atoms with Crippen molar-refractivity contribution in [3.05, 3.63) is 47.8 Å². The molecule has 0 aliphatic heterocycles. The Hall–Kier alpha value is -1.95. The molecule has 1 aromatic heterocycles. The third-order valence-electron chi connectivity index (χ3n) is 2.69. The van der Waals surface area contributed by atoms with Crippen molar-refractivity contribution in [2.75, 3.05) is 5.32 Å². The summed E-state index contributed by atoms with van der Waals surface area (Å²) < 4.78 is 13.1. The number of rotatable bonds is 5. The van der Waals surface area contributed by atoms with Gasteiger partial charge < -0.3 is 5.32 Å². The van der Waals surface area contributed by atoms with Crippen LogP contribution in [0.5, 0.6) is 0 Å². The molecule has 0 saturated heterocycles. The maximum Gasteiger partial charge on any atom is 0.228 e. The minimum atomic E-state index is -0.245. The molecular formula is C15H16FN3OS. The average Bonchev–Trinajstić information content (AvgIpc) is 2.46. The molecular weight excluding hydrogens is 289 g/mol. The van der Waals surface area contributed by atoms with Crippen molar-refractivity contribution >= 4 is 23.5 Å². The van der Waals surface area contributed by atoms with Crippen LogP contribution in [0, 0.1) is 11.7 Å². The van der Waals surface area contributed by atoms with Crippen LogP contribution in [0.3, 0.4) is 0 Å².